The van der Waals surface area contributed by atoms with Crippen molar-refractivity contribution in [3.8, 4) is 6.07 Å². The largest absolute Gasteiger partial charge is 0.368 e. The zero-order chi connectivity index (χ0) is 16.5. The average molecular weight is 399 g/mol. The van der Waals surface area contributed by atoms with Gasteiger partial charge in [-0.15, -0.1) is 0 Å². The van der Waals surface area contributed by atoms with E-state index in [-0.39, 0.29) is 0 Å². The second-order valence-electron chi connectivity index (χ2n) is 5.74. The van der Waals surface area contributed by atoms with Crippen molar-refractivity contribution in [2.75, 3.05) is 36.0 Å². The van der Waals surface area contributed by atoms with Crippen LogP contribution in [-0.2, 0) is 0 Å². The number of fused-ring (bicyclic) bond motifs is 1. The number of nitrogens with zero attached hydrogens (tertiary/aromatic N) is 4. The summed E-state index contributed by atoms with van der Waals surface area (Å²) in [7, 11) is 0. The highest BCUT2D eigenvalue weighted by Crippen LogP contribution is 2.30. The molecule has 0 spiro atoms. The van der Waals surface area contributed by atoms with Crippen molar-refractivity contribution in [1.82, 2.24) is 4.98 Å². The van der Waals surface area contributed by atoms with Crippen LogP contribution in [0.3, 0.4) is 0 Å². The van der Waals surface area contributed by atoms with Crippen molar-refractivity contribution in [3.05, 3.63) is 52.5 Å². The Kier molecular flexibility index (Phi) is 4.13. The van der Waals surface area contributed by atoms with Gasteiger partial charge in [0.1, 0.15) is 0 Å². The van der Waals surface area contributed by atoms with Crippen LogP contribution in [0.5, 0.6) is 0 Å². The lowest BCUT2D eigenvalue weighted by Gasteiger charge is -2.36. The smallest absolute Gasteiger partial charge is 0.186 e. The molecule has 0 aliphatic carbocycles. The molecule has 0 amide bonds. The molecule has 6 heteroatoms. The van der Waals surface area contributed by atoms with E-state index >= 15 is 0 Å². The third-order valence-electron chi connectivity index (χ3n) is 4.25. The summed E-state index contributed by atoms with van der Waals surface area (Å²) in [6.45, 7) is 3.89. The van der Waals surface area contributed by atoms with Gasteiger partial charge in [0.05, 0.1) is 21.8 Å². The van der Waals surface area contributed by atoms with Gasteiger partial charge in [0.15, 0.2) is 5.13 Å². The lowest BCUT2D eigenvalue weighted by atomic mass is 10.2. The van der Waals surface area contributed by atoms with Crippen LogP contribution in [0.15, 0.2) is 46.9 Å². The highest BCUT2D eigenvalue weighted by molar-refractivity contribution is 9.10. The van der Waals surface area contributed by atoms with Crippen LogP contribution >= 0.6 is 27.3 Å². The zero-order valence-corrected chi connectivity index (χ0v) is 15.3. The van der Waals surface area contributed by atoms with Crippen molar-refractivity contribution in [2.45, 2.75) is 0 Å². The maximum Gasteiger partial charge on any atom is 0.186 e. The van der Waals surface area contributed by atoms with Crippen LogP contribution < -0.4 is 9.80 Å². The molecule has 0 radical (unpaired) electrons. The number of aromatic nitrogens is 1. The standard InChI is InChI=1S/C18H15BrN4S/c19-14-2-4-15(5-3-14)22-7-9-23(10-8-22)18-21-16-6-1-13(12-20)11-17(16)24-18/h1-6,11H,7-10H2. The number of hydrogen-bond acceptors (Lipinski definition) is 5. The van der Waals surface area contributed by atoms with E-state index in [0.29, 0.717) is 5.56 Å². The summed E-state index contributed by atoms with van der Waals surface area (Å²) in [6.07, 6.45) is 0. The van der Waals surface area contributed by atoms with Crippen molar-refractivity contribution < 1.29 is 0 Å². The van der Waals surface area contributed by atoms with Gasteiger partial charge in [-0.3, -0.25) is 0 Å². The number of nitriles is 1. The number of rotatable bonds is 2. The summed E-state index contributed by atoms with van der Waals surface area (Å²) in [5.41, 5.74) is 2.93. The molecule has 2 heterocycles. The van der Waals surface area contributed by atoms with E-state index in [1.54, 1.807) is 11.3 Å². The van der Waals surface area contributed by atoms with E-state index in [0.717, 1.165) is 46.0 Å². The van der Waals surface area contributed by atoms with Gasteiger partial charge in [-0.25, -0.2) is 4.98 Å². The third kappa shape index (κ3) is 2.97. The van der Waals surface area contributed by atoms with E-state index in [1.165, 1.54) is 5.69 Å². The Morgan fingerprint density at radius 2 is 1.71 bits per heavy atom. The molecule has 3 aromatic rings. The summed E-state index contributed by atoms with van der Waals surface area (Å²) in [5.74, 6) is 0. The first-order chi connectivity index (χ1) is 11.7. The summed E-state index contributed by atoms with van der Waals surface area (Å²) < 4.78 is 2.19. The minimum atomic E-state index is 0.692. The van der Waals surface area contributed by atoms with Crippen LogP contribution in [-0.4, -0.2) is 31.2 Å². The highest BCUT2D eigenvalue weighted by atomic mass is 79.9. The van der Waals surface area contributed by atoms with Gasteiger partial charge < -0.3 is 9.80 Å². The maximum atomic E-state index is 9.02. The fourth-order valence-electron chi connectivity index (χ4n) is 2.93. The Morgan fingerprint density at radius 3 is 2.42 bits per heavy atom. The van der Waals surface area contributed by atoms with Gasteiger partial charge in [-0.2, -0.15) is 5.26 Å². The van der Waals surface area contributed by atoms with E-state index in [1.807, 2.05) is 18.2 Å². The number of thiazole rings is 1. The highest BCUT2D eigenvalue weighted by Gasteiger charge is 2.20. The quantitative estimate of drug-likeness (QED) is 0.646. The van der Waals surface area contributed by atoms with E-state index in [9.17, 15) is 0 Å². The lowest BCUT2D eigenvalue weighted by molar-refractivity contribution is 0.652. The number of piperazine rings is 1. The Bertz CT molecular complexity index is 905. The summed E-state index contributed by atoms with van der Waals surface area (Å²) >= 11 is 5.15. The molecule has 1 aromatic heterocycles. The van der Waals surface area contributed by atoms with Crippen molar-refractivity contribution in [2.24, 2.45) is 0 Å². The van der Waals surface area contributed by atoms with E-state index < -0.39 is 0 Å². The van der Waals surface area contributed by atoms with Gasteiger partial charge >= 0.3 is 0 Å². The Morgan fingerprint density at radius 1 is 1.00 bits per heavy atom. The molecule has 1 fully saturated rings. The molecule has 4 nitrogen and oxygen atoms in total. The maximum absolute atomic E-state index is 9.02. The average Bonchev–Trinajstić information content (AvgIpc) is 3.05. The van der Waals surface area contributed by atoms with Gasteiger partial charge in [-0.05, 0) is 42.5 Å². The summed E-state index contributed by atoms with van der Waals surface area (Å²) in [6, 6.07) is 16.4. The predicted molar refractivity (Wildman–Crippen MR) is 103 cm³/mol. The topological polar surface area (TPSA) is 43.2 Å². The van der Waals surface area contributed by atoms with Gasteiger partial charge in [0.25, 0.3) is 0 Å². The number of anilines is 2. The molecule has 1 saturated heterocycles. The number of halogens is 1. The second kappa shape index (κ2) is 6.42. The monoisotopic (exact) mass is 398 g/mol. The first kappa shape index (κ1) is 15.4. The Balaban J connectivity index is 1.49. The molecule has 120 valence electrons. The minimum absolute atomic E-state index is 0.692. The fraction of sp³-hybridized carbons (Fsp3) is 0.222. The molecular weight excluding hydrogens is 384 g/mol. The molecule has 4 rings (SSSR count). The molecule has 1 aliphatic rings. The molecular formula is C18H15BrN4S. The summed E-state index contributed by atoms with van der Waals surface area (Å²) in [5, 5.41) is 10.1. The van der Waals surface area contributed by atoms with Crippen LogP contribution in [0.1, 0.15) is 5.56 Å². The SMILES string of the molecule is N#Cc1ccc2nc(N3CCN(c4ccc(Br)cc4)CC3)sc2c1. The molecule has 0 bridgehead atoms. The first-order valence-corrected chi connectivity index (χ1v) is 9.40. The normalized spacial score (nSPS) is 14.8. The fourth-order valence-corrected chi connectivity index (χ4v) is 4.25. The molecule has 0 unspecified atom stereocenters. The molecule has 0 saturated carbocycles. The van der Waals surface area contributed by atoms with Crippen LogP contribution in [0, 0.1) is 11.3 Å². The minimum Gasteiger partial charge on any atom is -0.368 e. The molecule has 0 N–H and O–H groups in total. The predicted octanol–water partition coefficient (Wildman–Crippen LogP) is 4.26. The number of hydrogen-bond donors (Lipinski definition) is 0. The third-order valence-corrected chi connectivity index (χ3v) is 5.86. The number of benzene rings is 2. The van der Waals surface area contributed by atoms with Gasteiger partial charge in [0, 0.05) is 36.3 Å². The first-order valence-electron chi connectivity index (χ1n) is 7.79. The Labute approximate surface area is 153 Å². The van der Waals surface area contributed by atoms with Crippen LogP contribution in [0.2, 0.25) is 0 Å². The van der Waals surface area contributed by atoms with Crippen molar-refractivity contribution in [3.63, 3.8) is 0 Å². The summed E-state index contributed by atoms with van der Waals surface area (Å²) in [4.78, 5) is 9.48. The molecule has 2 aromatic carbocycles. The van der Waals surface area contributed by atoms with Crippen molar-refractivity contribution >= 4 is 48.3 Å². The van der Waals surface area contributed by atoms with Crippen LogP contribution in [0.4, 0.5) is 10.8 Å². The molecule has 24 heavy (non-hydrogen) atoms. The van der Waals surface area contributed by atoms with E-state index in [2.05, 4.69) is 56.1 Å². The molecule has 1 aliphatic heterocycles. The second-order valence-corrected chi connectivity index (χ2v) is 7.67. The van der Waals surface area contributed by atoms with Crippen LogP contribution in [0.25, 0.3) is 10.2 Å². The van der Waals surface area contributed by atoms with Crippen molar-refractivity contribution in [1.29, 1.82) is 5.26 Å². The zero-order valence-electron chi connectivity index (χ0n) is 12.9. The van der Waals surface area contributed by atoms with Gasteiger partial charge in [0.2, 0.25) is 0 Å². The van der Waals surface area contributed by atoms with Gasteiger partial charge in [-0.1, -0.05) is 27.3 Å². The Hall–Kier alpha value is -2.10. The molecule has 0 atom stereocenters. The lowest BCUT2D eigenvalue weighted by Crippen LogP contribution is -2.46. The van der Waals surface area contributed by atoms with E-state index in [4.69, 9.17) is 10.2 Å².